The Balaban J connectivity index is 2.40. The van der Waals surface area contributed by atoms with Gasteiger partial charge in [0.25, 0.3) is 0 Å². The van der Waals surface area contributed by atoms with Crippen LogP contribution in [0.25, 0.3) is 0 Å². The van der Waals surface area contributed by atoms with Gasteiger partial charge in [0.05, 0.1) is 11.4 Å². The SMILES string of the molecule is Cc1cc(N)cc(C)c1S(=O)(=O)N(C)Cc1ncn[nH]1. The molecule has 8 heteroatoms. The number of nitrogens with one attached hydrogen (secondary N) is 1. The van der Waals surface area contributed by atoms with Gasteiger partial charge in [-0.1, -0.05) is 0 Å². The molecule has 1 aromatic heterocycles. The first-order valence-corrected chi connectivity index (χ1v) is 7.43. The van der Waals surface area contributed by atoms with Crippen LogP contribution < -0.4 is 5.73 Å². The maximum atomic E-state index is 12.6. The van der Waals surface area contributed by atoms with Crippen molar-refractivity contribution in [3.8, 4) is 0 Å². The van der Waals surface area contributed by atoms with Crippen molar-refractivity contribution in [2.75, 3.05) is 12.8 Å². The Labute approximate surface area is 117 Å². The Kier molecular flexibility index (Phi) is 3.78. The molecule has 108 valence electrons. The van der Waals surface area contributed by atoms with E-state index in [-0.39, 0.29) is 11.4 Å². The van der Waals surface area contributed by atoms with Crippen LogP contribution in [0.2, 0.25) is 0 Å². The fourth-order valence-corrected chi connectivity index (χ4v) is 3.68. The van der Waals surface area contributed by atoms with E-state index in [0.717, 1.165) is 0 Å². The van der Waals surface area contributed by atoms with Gasteiger partial charge in [0.1, 0.15) is 12.2 Å². The number of aryl methyl sites for hydroxylation is 2. The van der Waals surface area contributed by atoms with Gasteiger partial charge in [-0.15, -0.1) is 0 Å². The second-order valence-corrected chi connectivity index (χ2v) is 6.66. The maximum Gasteiger partial charge on any atom is 0.243 e. The zero-order valence-electron chi connectivity index (χ0n) is 11.6. The number of benzene rings is 1. The minimum atomic E-state index is -3.60. The first-order chi connectivity index (χ1) is 9.32. The monoisotopic (exact) mass is 295 g/mol. The Morgan fingerprint density at radius 2 is 1.90 bits per heavy atom. The summed E-state index contributed by atoms with van der Waals surface area (Å²) in [5.74, 6) is 0.488. The van der Waals surface area contributed by atoms with Gasteiger partial charge in [-0.05, 0) is 37.1 Å². The number of hydrogen-bond donors (Lipinski definition) is 2. The van der Waals surface area contributed by atoms with E-state index in [2.05, 4.69) is 15.2 Å². The highest BCUT2D eigenvalue weighted by Crippen LogP contribution is 2.26. The molecule has 3 N–H and O–H groups in total. The average molecular weight is 295 g/mol. The van der Waals surface area contributed by atoms with Crippen molar-refractivity contribution in [1.29, 1.82) is 0 Å². The molecule has 0 radical (unpaired) electrons. The summed E-state index contributed by atoms with van der Waals surface area (Å²) in [5.41, 5.74) is 7.54. The van der Waals surface area contributed by atoms with Gasteiger partial charge in [-0.25, -0.2) is 13.4 Å². The van der Waals surface area contributed by atoms with Crippen molar-refractivity contribution >= 4 is 15.7 Å². The van der Waals surface area contributed by atoms with Gasteiger partial charge in [0, 0.05) is 12.7 Å². The molecule has 1 aromatic carbocycles. The number of aromatic amines is 1. The summed E-state index contributed by atoms with van der Waals surface area (Å²) in [4.78, 5) is 4.22. The van der Waals surface area contributed by atoms with Crippen LogP contribution in [0.4, 0.5) is 5.69 Å². The zero-order valence-corrected chi connectivity index (χ0v) is 12.4. The Hall–Kier alpha value is -1.93. The molecule has 2 rings (SSSR count). The number of aromatic nitrogens is 3. The summed E-state index contributed by atoms with van der Waals surface area (Å²) in [6.45, 7) is 3.60. The van der Waals surface area contributed by atoms with Gasteiger partial charge in [-0.2, -0.15) is 9.40 Å². The molecule has 2 aromatic rings. The first kappa shape index (κ1) is 14.5. The van der Waals surface area contributed by atoms with Crippen LogP contribution in [-0.2, 0) is 16.6 Å². The first-order valence-electron chi connectivity index (χ1n) is 5.99. The number of nitrogen functional groups attached to an aromatic ring is 1. The molecule has 0 atom stereocenters. The second kappa shape index (κ2) is 5.22. The highest BCUT2D eigenvalue weighted by Gasteiger charge is 2.25. The standard InChI is InChI=1S/C12H17N5O2S/c1-8-4-10(13)5-9(2)12(8)20(18,19)17(3)6-11-14-7-15-16-11/h4-5,7H,6,13H2,1-3H3,(H,14,15,16). The quantitative estimate of drug-likeness (QED) is 0.813. The molecular weight excluding hydrogens is 278 g/mol. The van der Waals surface area contributed by atoms with E-state index >= 15 is 0 Å². The molecule has 0 saturated carbocycles. The second-order valence-electron chi connectivity index (χ2n) is 4.68. The lowest BCUT2D eigenvalue weighted by Crippen LogP contribution is -2.28. The van der Waals surface area contributed by atoms with Crippen LogP contribution >= 0.6 is 0 Å². The van der Waals surface area contributed by atoms with Crippen LogP contribution in [0.15, 0.2) is 23.4 Å². The van der Waals surface area contributed by atoms with Crippen molar-refractivity contribution in [1.82, 2.24) is 19.5 Å². The summed E-state index contributed by atoms with van der Waals surface area (Å²) in [7, 11) is -2.10. The van der Waals surface area contributed by atoms with Crippen molar-refractivity contribution in [2.45, 2.75) is 25.3 Å². The Bertz CT molecular complexity index is 686. The number of sulfonamides is 1. The lowest BCUT2D eigenvalue weighted by Gasteiger charge is -2.19. The highest BCUT2D eigenvalue weighted by atomic mass is 32.2. The van der Waals surface area contributed by atoms with Crippen LogP contribution in [0, 0.1) is 13.8 Å². The molecule has 0 aliphatic carbocycles. The summed E-state index contributed by atoms with van der Waals surface area (Å²) in [6, 6.07) is 3.31. The van der Waals surface area contributed by atoms with E-state index < -0.39 is 10.0 Å². The maximum absolute atomic E-state index is 12.6. The predicted octanol–water partition coefficient (Wildman–Crippen LogP) is 0.824. The van der Waals surface area contributed by atoms with E-state index in [9.17, 15) is 8.42 Å². The summed E-state index contributed by atoms with van der Waals surface area (Å²) >= 11 is 0. The molecule has 0 spiro atoms. The molecule has 0 bridgehead atoms. The molecule has 0 saturated heterocycles. The number of rotatable bonds is 4. The number of nitrogens with two attached hydrogens (primary N) is 1. The van der Waals surface area contributed by atoms with E-state index in [1.807, 2.05) is 0 Å². The van der Waals surface area contributed by atoms with Gasteiger partial charge in [0.15, 0.2) is 0 Å². The number of hydrogen-bond acceptors (Lipinski definition) is 5. The van der Waals surface area contributed by atoms with E-state index in [1.54, 1.807) is 26.0 Å². The molecule has 7 nitrogen and oxygen atoms in total. The molecule has 0 aliphatic heterocycles. The number of anilines is 1. The van der Waals surface area contributed by atoms with Gasteiger partial charge >= 0.3 is 0 Å². The van der Waals surface area contributed by atoms with Gasteiger partial charge in [0.2, 0.25) is 10.0 Å². The van der Waals surface area contributed by atoms with E-state index in [1.165, 1.54) is 17.7 Å². The van der Waals surface area contributed by atoms with E-state index in [0.29, 0.717) is 22.6 Å². The summed E-state index contributed by atoms with van der Waals surface area (Å²) in [6.07, 6.45) is 1.34. The molecule has 20 heavy (non-hydrogen) atoms. The van der Waals surface area contributed by atoms with Crippen molar-refractivity contribution in [2.24, 2.45) is 0 Å². The topological polar surface area (TPSA) is 105 Å². The third kappa shape index (κ3) is 2.66. The van der Waals surface area contributed by atoms with Crippen LogP contribution in [0.1, 0.15) is 17.0 Å². The Morgan fingerprint density at radius 1 is 1.30 bits per heavy atom. The molecule has 0 amide bonds. The highest BCUT2D eigenvalue weighted by molar-refractivity contribution is 7.89. The van der Waals surface area contributed by atoms with Crippen molar-refractivity contribution in [3.63, 3.8) is 0 Å². The zero-order chi connectivity index (χ0) is 14.9. The van der Waals surface area contributed by atoms with Crippen LogP contribution in [0.5, 0.6) is 0 Å². The third-order valence-corrected chi connectivity index (χ3v) is 5.10. The number of nitrogens with zero attached hydrogens (tertiary/aromatic N) is 3. The minimum absolute atomic E-state index is 0.131. The van der Waals surface area contributed by atoms with E-state index in [4.69, 9.17) is 5.73 Å². The third-order valence-electron chi connectivity index (χ3n) is 2.99. The smallest absolute Gasteiger partial charge is 0.243 e. The van der Waals surface area contributed by atoms with Gasteiger partial charge in [-0.3, -0.25) is 5.10 Å². The normalized spacial score (nSPS) is 12.0. The molecule has 1 heterocycles. The largest absolute Gasteiger partial charge is 0.399 e. The van der Waals surface area contributed by atoms with Crippen LogP contribution in [0.3, 0.4) is 0 Å². The minimum Gasteiger partial charge on any atom is -0.399 e. The van der Waals surface area contributed by atoms with Crippen molar-refractivity contribution in [3.05, 3.63) is 35.4 Å². The van der Waals surface area contributed by atoms with Crippen LogP contribution in [-0.4, -0.2) is 35.0 Å². The lowest BCUT2D eigenvalue weighted by atomic mass is 10.1. The predicted molar refractivity (Wildman–Crippen MR) is 75.4 cm³/mol. The molecule has 0 unspecified atom stereocenters. The fraction of sp³-hybridized carbons (Fsp3) is 0.333. The van der Waals surface area contributed by atoms with Gasteiger partial charge < -0.3 is 5.73 Å². The fourth-order valence-electron chi connectivity index (χ4n) is 2.15. The molecule has 0 aliphatic rings. The lowest BCUT2D eigenvalue weighted by molar-refractivity contribution is 0.456. The summed E-state index contributed by atoms with van der Waals surface area (Å²) < 4.78 is 26.5. The average Bonchev–Trinajstić information content (AvgIpc) is 2.79. The Morgan fingerprint density at radius 3 is 2.40 bits per heavy atom. The van der Waals surface area contributed by atoms with Crippen molar-refractivity contribution < 1.29 is 8.42 Å². The summed E-state index contributed by atoms with van der Waals surface area (Å²) in [5, 5.41) is 6.35. The molecular formula is C12H17N5O2S. The number of H-pyrrole nitrogens is 1. The molecule has 0 fully saturated rings.